The van der Waals surface area contributed by atoms with Crippen molar-refractivity contribution in [3.05, 3.63) is 24.3 Å². The van der Waals surface area contributed by atoms with E-state index in [0.717, 1.165) is 0 Å². The van der Waals surface area contributed by atoms with E-state index in [1.165, 1.54) is 38.4 Å². The van der Waals surface area contributed by atoms with Crippen LogP contribution in [0.2, 0.25) is 0 Å². The molecule has 0 aromatic heterocycles. The molecule has 1 aromatic rings. The number of hydrogen-bond acceptors (Lipinski definition) is 4. The fraction of sp³-hybridized carbons (Fsp3) is 0.467. The maximum absolute atomic E-state index is 11.5. The van der Waals surface area contributed by atoms with Crippen LogP contribution in [0.15, 0.2) is 29.2 Å². The summed E-state index contributed by atoms with van der Waals surface area (Å²) in [6, 6.07) is 6.90. The van der Waals surface area contributed by atoms with E-state index < -0.39 is 10.0 Å². The van der Waals surface area contributed by atoms with Crippen LogP contribution in [0.3, 0.4) is 0 Å². The molecule has 5 nitrogen and oxygen atoms in total. The van der Waals surface area contributed by atoms with Crippen molar-refractivity contribution in [3.8, 4) is 17.6 Å². The molecular weight excluding hydrogens is 288 g/mol. The smallest absolute Gasteiger partial charge is 0.240 e. The van der Waals surface area contributed by atoms with Crippen LogP contribution in [0, 0.1) is 11.8 Å². The molecule has 1 saturated carbocycles. The van der Waals surface area contributed by atoms with Gasteiger partial charge in [0.1, 0.15) is 12.4 Å². The summed E-state index contributed by atoms with van der Waals surface area (Å²) < 4.78 is 30.8. The van der Waals surface area contributed by atoms with Crippen molar-refractivity contribution in [2.24, 2.45) is 0 Å². The van der Waals surface area contributed by atoms with E-state index >= 15 is 0 Å². The molecule has 2 rings (SSSR count). The lowest BCUT2D eigenvalue weighted by Crippen LogP contribution is -2.35. The van der Waals surface area contributed by atoms with Gasteiger partial charge in [-0.1, -0.05) is 18.3 Å². The highest BCUT2D eigenvalue weighted by Gasteiger charge is 2.15. The number of hydrogen-bond donors (Lipinski definition) is 2. The number of benzene rings is 1. The van der Waals surface area contributed by atoms with Gasteiger partial charge >= 0.3 is 0 Å². The van der Waals surface area contributed by atoms with Gasteiger partial charge in [-0.3, -0.25) is 0 Å². The number of sulfonamides is 1. The molecule has 0 unspecified atom stereocenters. The maximum Gasteiger partial charge on any atom is 0.240 e. The Kier molecular flexibility index (Phi) is 5.62. The zero-order chi connectivity index (χ0) is 15.1. The van der Waals surface area contributed by atoms with Crippen molar-refractivity contribution in [1.82, 2.24) is 10.0 Å². The Morgan fingerprint density at radius 3 is 2.52 bits per heavy atom. The van der Waals surface area contributed by atoms with E-state index in [-0.39, 0.29) is 4.90 Å². The fourth-order valence-corrected chi connectivity index (χ4v) is 2.60. The highest BCUT2D eigenvalue weighted by molar-refractivity contribution is 7.89. The molecule has 1 aliphatic rings. The largest absolute Gasteiger partial charge is 0.481 e. The number of rotatable bonds is 6. The predicted octanol–water partition coefficient (Wildman–Crippen LogP) is 1.12. The molecule has 1 aliphatic carbocycles. The molecule has 0 spiro atoms. The van der Waals surface area contributed by atoms with Crippen molar-refractivity contribution in [2.45, 2.75) is 30.2 Å². The molecule has 6 heteroatoms. The van der Waals surface area contributed by atoms with Crippen LogP contribution < -0.4 is 14.8 Å². The van der Waals surface area contributed by atoms with Gasteiger partial charge in [-0.05, 0) is 44.2 Å². The summed E-state index contributed by atoms with van der Waals surface area (Å²) in [6.07, 6.45) is 3.81. The van der Waals surface area contributed by atoms with Crippen LogP contribution in [0.4, 0.5) is 0 Å². The molecule has 0 amide bonds. The van der Waals surface area contributed by atoms with Gasteiger partial charge < -0.3 is 10.1 Å². The number of ether oxygens (including phenoxy) is 1. The minimum absolute atomic E-state index is 0.216. The summed E-state index contributed by atoms with van der Waals surface area (Å²) in [6.45, 7) is 0.984. The van der Waals surface area contributed by atoms with Crippen LogP contribution in [0.1, 0.15) is 19.3 Å². The highest BCUT2D eigenvalue weighted by Crippen LogP contribution is 2.17. The Labute approximate surface area is 126 Å². The molecule has 0 radical (unpaired) electrons. The molecule has 0 atom stereocenters. The van der Waals surface area contributed by atoms with E-state index in [1.54, 1.807) is 12.1 Å². The molecule has 1 aromatic carbocycles. The Morgan fingerprint density at radius 2 is 1.95 bits per heavy atom. The van der Waals surface area contributed by atoms with Crippen LogP contribution in [0.25, 0.3) is 0 Å². The second-order valence-electron chi connectivity index (χ2n) is 4.83. The van der Waals surface area contributed by atoms with Crippen molar-refractivity contribution in [2.75, 3.05) is 20.2 Å². The third-order valence-electron chi connectivity index (χ3n) is 3.42. The standard InChI is InChI=1S/C15H20N2O3S/c1-16-21(18,19)15-9-7-14(8-10-15)20-12-3-2-11-17-13-5-4-6-13/h7-10,13,16-17H,4-6,11-12H2,1H3. The third-order valence-corrected chi connectivity index (χ3v) is 4.85. The molecule has 0 heterocycles. The van der Waals surface area contributed by atoms with E-state index in [0.29, 0.717) is 24.9 Å². The Morgan fingerprint density at radius 1 is 1.24 bits per heavy atom. The minimum Gasteiger partial charge on any atom is -0.481 e. The second-order valence-corrected chi connectivity index (χ2v) is 6.72. The van der Waals surface area contributed by atoms with Crippen molar-refractivity contribution in [3.63, 3.8) is 0 Å². The average molecular weight is 308 g/mol. The molecule has 0 saturated heterocycles. The monoisotopic (exact) mass is 308 g/mol. The molecule has 0 bridgehead atoms. The molecule has 114 valence electrons. The first-order chi connectivity index (χ1) is 10.1. The quantitative estimate of drug-likeness (QED) is 0.773. The summed E-state index contributed by atoms with van der Waals surface area (Å²) >= 11 is 0. The highest BCUT2D eigenvalue weighted by atomic mass is 32.2. The number of nitrogens with one attached hydrogen (secondary N) is 2. The zero-order valence-corrected chi connectivity index (χ0v) is 12.9. The minimum atomic E-state index is -3.39. The average Bonchev–Trinajstić information content (AvgIpc) is 2.45. The topological polar surface area (TPSA) is 67.4 Å². The van der Waals surface area contributed by atoms with Gasteiger partial charge in [0.15, 0.2) is 0 Å². The van der Waals surface area contributed by atoms with E-state index in [9.17, 15) is 8.42 Å². The van der Waals surface area contributed by atoms with Crippen molar-refractivity contribution >= 4 is 10.0 Å². The molecule has 21 heavy (non-hydrogen) atoms. The SMILES string of the molecule is CNS(=O)(=O)c1ccc(OCC#CCNC2CCC2)cc1. The van der Waals surface area contributed by atoms with E-state index in [1.807, 2.05) is 0 Å². The summed E-state index contributed by atoms with van der Waals surface area (Å²) in [4.78, 5) is 0.216. The van der Waals surface area contributed by atoms with Crippen LogP contribution >= 0.6 is 0 Å². The zero-order valence-electron chi connectivity index (χ0n) is 12.1. The molecule has 2 N–H and O–H groups in total. The van der Waals surface area contributed by atoms with Crippen molar-refractivity contribution < 1.29 is 13.2 Å². The Balaban J connectivity index is 1.74. The Hall–Kier alpha value is -1.55. The summed E-state index contributed by atoms with van der Waals surface area (Å²) in [5.74, 6) is 6.54. The van der Waals surface area contributed by atoms with Crippen LogP contribution in [-0.2, 0) is 10.0 Å². The normalized spacial score (nSPS) is 14.9. The lowest BCUT2D eigenvalue weighted by molar-refractivity contribution is 0.352. The summed E-state index contributed by atoms with van der Waals surface area (Å²) in [5, 5.41) is 3.35. The first-order valence-electron chi connectivity index (χ1n) is 6.97. The van der Waals surface area contributed by atoms with E-state index in [2.05, 4.69) is 21.9 Å². The van der Waals surface area contributed by atoms with Crippen LogP contribution in [-0.4, -0.2) is 34.7 Å². The van der Waals surface area contributed by atoms with Gasteiger partial charge in [-0.15, -0.1) is 0 Å². The van der Waals surface area contributed by atoms with Crippen molar-refractivity contribution in [1.29, 1.82) is 0 Å². The van der Waals surface area contributed by atoms with E-state index in [4.69, 9.17) is 4.74 Å². The Bertz CT molecular complexity index is 611. The van der Waals surface area contributed by atoms with Gasteiger partial charge in [0.25, 0.3) is 0 Å². The van der Waals surface area contributed by atoms with Gasteiger partial charge in [0.2, 0.25) is 10.0 Å². The van der Waals surface area contributed by atoms with Gasteiger partial charge in [0, 0.05) is 6.04 Å². The second kappa shape index (κ2) is 7.46. The first-order valence-corrected chi connectivity index (χ1v) is 8.45. The van der Waals surface area contributed by atoms with Gasteiger partial charge in [-0.25, -0.2) is 13.1 Å². The fourth-order valence-electron chi connectivity index (χ4n) is 1.87. The first kappa shape index (κ1) is 15.8. The predicted molar refractivity (Wildman–Crippen MR) is 81.6 cm³/mol. The lowest BCUT2D eigenvalue weighted by atomic mass is 9.93. The molecular formula is C15H20N2O3S. The van der Waals surface area contributed by atoms with Gasteiger partial charge in [0.05, 0.1) is 11.4 Å². The third kappa shape index (κ3) is 4.74. The molecule has 0 aliphatic heterocycles. The van der Waals surface area contributed by atoms with Gasteiger partial charge in [-0.2, -0.15) is 0 Å². The summed E-state index contributed by atoms with van der Waals surface area (Å²) in [7, 11) is -2.01. The molecule has 1 fully saturated rings. The maximum atomic E-state index is 11.5. The lowest BCUT2D eigenvalue weighted by Gasteiger charge is -2.25. The summed E-state index contributed by atoms with van der Waals surface area (Å²) in [5.41, 5.74) is 0. The van der Waals surface area contributed by atoms with Crippen LogP contribution in [0.5, 0.6) is 5.75 Å².